The quantitative estimate of drug-likeness (QED) is 0.632. The second kappa shape index (κ2) is 12.0. The highest BCUT2D eigenvalue weighted by molar-refractivity contribution is 5.92. The van der Waals surface area contributed by atoms with Crippen molar-refractivity contribution in [1.29, 1.82) is 0 Å². The van der Waals surface area contributed by atoms with E-state index < -0.39 is 0 Å². The van der Waals surface area contributed by atoms with Gasteiger partial charge >= 0.3 is 6.01 Å². The van der Waals surface area contributed by atoms with Gasteiger partial charge in [-0.25, -0.2) is 9.97 Å². The van der Waals surface area contributed by atoms with Gasteiger partial charge in [-0.15, -0.1) is 0 Å². The SMILES string of the molecule is COc1ncc(-c2ccc3c(c2)CN(CCC(C)C)CCCCCCCN3C(C)=O)cn1. The van der Waals surface area contributed by atoms with Crippen molar-refractivity contribution >= 4 is 11.6 Å². The van der Waals surface area contributed by atoms with Crippen molar-refractivity contribution in [2.24, 2.45) is 5.92 Å². The van der Waals surface area contributed by atoms with Crippen molar-refractivity contribution in [2.45, 2.75) is 65.8 Å². The molecule has 0 saturated heterocycles. The zero-order valence-electron chi connectivity index (χ0n) is 20.1. The van der Waals surface area contributed by atoms with Gasteiger partial charge in [0.15, 0.2) is 0 Å². The van der Waals surface area contributed by atoms with E-state index in [1.54, 1.807) is 26.4 Å². The lowest BCUT2D eigenvalue weighted by atomic mass is 10.0. The number of carbonyl (C=O) groups is 1. The summed E-state index contributed by atoms with van der Waals surface area (Å²) in [7, 11) is 1.57. The highest BCUT2D eigenvalue weighted by Crippen LogP contribution is 2.30. The fraction of sp³-hybridized carbons (Fsp3) is 0.577. The molecule has 0 atom stereocenters. The van der Waals surface area contributed by atoms with E-state index in [1.165, 1.54) is 37.7 Å². The lowest BCUT2D eigenvalue weighted by Gasteiger charge is -2.29. The van der Waals surface area contributed by atoms with Crippen molar-refractivity contribution in [3.05, 3.63) is 36.2 Å². The summed E-state index contributed by atoms with van der Waals surface area (Å²) in [6, 6.07) is 6.75. The zero-order valence-corrected chi connectivity index (χ0v) is 20.1. The molecule has 6 nitrogen and oxygen atoms in total. The fourth-order valence-electron chi connectivity index (χ4n) is 4.26. The number of hydrogen-bond acceptors (Lipinski definition) is 5. The van der Waals surface area contributed by atoms with Crippen LogP contribution in [0.15, 0.2) is 30.6 Å². The largest absolute Gasteiger partial charge is 0.467 e. The standard InChI is InChI=1S/C26H38N4O2/c1-20(2)12-15-29-13-8-6-5-7-9-14-30(21(3)31)25-11-10-22(16-23(25)19-29)24-17-27-26(32-4)28-18-24/h10-11,16-18,20H,5-9,12-15,19H2,1-4H3. The smallest absolute Gasteiger partial charge is 0.316 e. The molecular weight excluding hydrogens is 400 g/mol. The second-order valence-corrected chi connectivity index (χ2v) is 9.20. The average Bonchev–Trinajstić information content (AvgIpc) is 2.78. The number of hydrogen-bond donors (Lipinski definition) is 0. The minimum absolute atomic E-state index is 0.109. The molecule has 1 aromatic heterocycles. The number of rotatable bonds is 5. The Hall–Kier alpha value is -2.47. The molecule has 32 heavy (non-hydrogen) atoms. The summed E-state index contributed by atoms with van der Waals surface area (Å²) in [6.07, 6.45) is 10.7. The summed E-state index contributed by atoms with van der Waals surface area (Å²) in [5.41, 5.74) is 4.23. The molecule has 1 amide bonds. The van der Waals surface area contributed by atoms with Crippen LogP contribution in [-0.4, -0.2) is 47.5 Å². The lowest BCUT2D eigenvalue weighted by Crippen LogP contribution is -2.33. The predicted octanol–water partition coefficient (Wildman–Crippen LogP) is 5.32. The van der Waals surface area contributed by atoms with Crippen LogP contribution < -0.4 is 9.64 Å². The normalized spacial score (nSPS) is 16.2. The molecule has 1 aromatic carbocycles. The van der Waals surface area contributed by atoms with Gasteiger partial charge in [-0.2, -0.15) is 0 Å². The summed E-state index contributed by atoms with van der Waals surface area (Å²) in [4.78, 5) is 25.6. The Bertz CT molecular complexity index is 867. The van der Waals surface area contributed by atoms with E-state index in [1.807, 2.05) is 4.90 Å². The Labute approximate surface area is 193 Å². The minimum atomic E-state index is 0.109. The molecule has 0 radical (unpaired) electrons. The highest BCUT2D eigenvalue weighted by atomic mass is 16.5. The Kier molecular flexibility index (Phi) is 9.03. The predicted molar refractivity (Wildman–Crippen MR) is 130 cm³/mol. The van der Waals surface area contributed by atoms with Crippen LogP contribution in [0, 0.1) is 5.92 Å². The Morgan fingerprint density at radius 1 is 1.03 bits per heavy atom. The van der Waals surface area contributed by atoms with E-state index >= 15 is 0 Å². The molecular formula is C26H38N4O2. The topological polar surface area (TPSA) is 58.6 Å². The molecule has 0 aliphatic carbocycles. The molecule has 0 fully saturated rings. The van der Waals surface area contributed by atoms with Gasteiger partial charge < -0.3 is 9.64 Å². The Morgan fingerprint density at radius 3 is 2.38 bits per heavy atom. The number of fused-ring (bicyclic) bond motifs is 1. The van der Waals surface area contributed by atoms with Crippen LogP contribution >= 0.6 is 0 Å². The number of carbonyl (C=O) groups excluding carboxylic acids is 1. The first-order valence-electron chi connectivity index (χ1n) is 12.0. The third kappa shape index (κ3) is 6.76. The number of aromatic nitrogens is 2. The molecule has 1 aliphatic rings. The van der Waals surface area contributed by atoms with E-state index in [0.717, 1.165) is 49.4 Å². The molecule has 3 rings (SSSR count). The van der Waals surface area contributed by atoms with Gasteiger partial charge in [0.05, 0.1) is 7.11 Å². The Balaban J connectivity index is 1.98. The first-order valence-corrected chi connectivity index (χ1v) is 12.0. The van der Waals surface area contributed by atoms with Crippen LogP contribution in [0.3, 0.4) is 0 Å². The van der Waals surface area contributed by atoms with Gasteiger partial charge in [0.1, 0.15) is 0 Å². The van der Waals surface area contributed by atoms with Crippen LogP contribution in [-0.2, 0) is 11.3 Å². The molecule has 0 bridgehead atoms. The molecule has 174 valence electrons. The second-order valence-electron chi connectivity index (χ2n) is 9.20. The summed E-state index contributed by atoms with van der Waals surface area (Å²) >= 11 is 0. The van der Waals surface area contributed by atoms with Gasteiger partial charge in [0.2, 0.25) is 5.91 Å². The number of nitrogens with zero attached hydrogens (tertiary/aromatic N) is 4. The Morgan fingerprint density at radius 2 is 1.72 bits per heavy atom. The van der Waals surface area contributed by atoms with Crippen LogP contribution in [0.4, 0.5) is 5.69 Å². The number of anilines is 1. The van der Waals surface area contributed by atoms with Crippen molar-refractivity contribution in [3.63, 3.8) is 0 Å². The summed E-state index contributed by atoms with van der Waals surface area (Å²) in [5, 5.41) is 0. The average molecular weight is 439 g/mol. The molecule has 1 aliphatic heterocycles. The third-order valence-corrected chi connectivity index (χ3v) is 6.17. The zero-order chi connectivity index (χ0) is 22.9. The summed E-state index contributed by atoms with van der Waals surface area (Å²) < 4.78 is 5.10. The van der Waals surface area contributed by atoms with E-state index in [-0.39, 0.29) is 5.91 Å². The van der Waals surface area contributed by atoms with E-state index in [0.29, 0.717) is 11.9 Å². The first-order chi connectivity index (χ1) is 15.5. The maximum absolute atomic E-state index is 12.6. The number of methoxy groups -OCH3 is 1. The molecule has 0 saturated carbocycles. The molecule has 2 aromatic rings. The monoisotopic (exact) mass is 438 g/mol. The van der Waals surface area contributed by atoms with Crippen LogP contribution in [0.5, 0.6) is 6.01 Å². The third-order valence-electron chi connectivity index (χ3n) is 6.17. The van der Waals surface area contributed by atoms with Crippen LogP contribution in [0.25, 0.3) is 11.1 Å². The number of benzene rings is 1. The summed E-state index contributed by atoms with van der Waals surface area (Å²) in [5.74, 6) is 0.782. The van der Waals surface area contributed by atoms with Gasteiger partial charge in [-0.1, -0.05) is 39.2 Å². The van der Waals surface area contributed by atoms with Gasteiger partial charge in [-0.3, -0.25) is 9.69 Å². The minimum Gasteiger partial charge on any atom is -0.467 e. The molecule has 6 heteroatoms. The van der Waals surface area contributed by atoms with Crippen molar-refractivity contribution in [1.82, 2.24) is 14.9 Å². The first kappa shape index (κ1) is 24.2. The highest BCUT2D eigenvalue weighted by Gasteiger charge is 2.19. The van der Waals surface area contributed by atoms with Gasteiger partial charge in [-0.05, 0) is 61.5 Å². The molecule has 0 unspecified atom stereocenters. The van der Waals surface area contributed by atoms with Gasteiger partial charge in [0, 0.05) is 43.7 Å². The lowest BCUT2D eigenvalue weighted by molar-refractivity contribution is -0.116. The van der Waals surface area contributed by atoms with Crippen LogP contribution in [0.1, 0.15) is 64.9 Å². The number of amides is 1. The number of ether oxygens (including phenoxy) is 1. The molecule has 2 heterocycles. The van der Waals surface area contributed by atoms with Crippen molar-refractivity contribution in [3.8, 4) is 17.1 Å². The van der Waals surface area contributed by atoms with Crippen LogP contribution in [0.2, 0.25) is 0 Å². The van der Waals surface area contributed by atoms with Crippen molar-refractivity contribution in [2.75, 3.05) is 31.6 Å². The molecule has 0 N–H and O–H groups in total. The maximum Gasteiger partial charge on any atom is 0.316 e. The maximum atomic E-state index is 12.6. The molecule has 0 spiro atoms. The fourth-order valence-corrected chi connectivity index (χ4v) is 4.26. The van der Waals surface area contributed by atoms with E-state index in [2.05, 4.69) is 46.9 Å². The van der Waals surface area contributed by atoms with E-state index in [4.69, 9.17) is 4.74 Å². The summed E-state index contributed by atoms with van der Waals surface area (Å²) in [6.45, 7) is 10.0. The van der Waals surface area contributed by atoms with E-state index in [9.17, 15) is 4.79 Å². The van der Waals surface area contributed by atoms with Crippen molar-refractivity contribution < 1.29 is 9.53 Å². The van der Waals surface area contributed by atoms with Gasteiger partial charge in [0.25, 0.3) is 0 Å².